The van der Waals surface area contributed by atoms with Gasteiger partial charge in [0.05, 0.1) is 11.5 Å². The predicted molar refractivity (Wildman–Crippen MR) is 133 cm³/mol. The maximum absolute atomic E-state index is 13.2. The molecule has 2 heterocycles. The minimum Gasteiger partial charge on any atom is -0.493 e. The maximum Gasteiger partial charge on any atom is 0.251 e. The summed E-state index contributed by atoms with van der Waals surface area (Å²) in [6.45, 7) is 6.73. The molecule has 2 aliphatic heterocycles. The van der Waals surface area contributed by atoms with Gasteiger partial charge in [0.15, 0.2) is 0 Å². The van der Waals surface area contributed by atoms with E-state index in [0.717, 1.165) is 17.7 Å². The largest absolute Gasteiger partial charge is 0.493 e. The molecule has 8 nitrogen and oxygen atoms in total. The highest BCUT2D eigenvalue weighted by atomic mass is 32.2. The van der Waals surface area contributed by atoms with Crippen LogP contribution in [0.3, 0.4) is 0 Å². The topological polar surface area (TPSA) is 105 Å². The molecule has 2 aliphatic rings. The number of piperidine rings is 1. The summed E-state index contributed by atoms with van der Waals surface area (Å²) < 4.78 is 33.6. The van der Waals surface area contributed by atoms with Crippen LogP contribution in [0.1, 0.15) is 41.3 Å². The number of benzene rings is 2. The molecule has 2 amide bonds. The van der Waals surface area contributed by atoms with Crippen LogP contribution >= 0.6 is 0 Å². The molecule has 2 aromatic rings. The van der Waals surface area contributed by atoms with Gasteiger partial charge in [-0.25, -0.2) is 8.42 Å². The molecule has 2 atom stereocenters. The molecular weight excluding hydrogens is 466 g/mol. The Bertz CT molecular complexity index is 1210. The van der Waals surface area contributed by atoms with Gasteiger partial charge in [-0.05, 0) is 67.7 Å². The number of para-hydroxylation sites is 1. The molecular formula is C26H31N3O5S. The van der Waals surface area contributed by atoms with Gasteiger partial charge in [-0.3, -0.25) is 9.59 Å². The zero-order valence-electron chi connectivity index (χ0n) is 19.8. The van der Waals surface area contributed by atoms with Crippen molar-refractivity contribution < 1.29 is 22.7 Å². The van der Waals surface area contributed by atoms with Crippen LogP contribution in [0.15, 0.2) is 60.0 Å². The number of rotatable bonds is 8. The van der Waals surface area contributed by atoms with E-state index < -0.39 is 10.0 Å². The normalized spacial score (nSPS) is 19.9. The molecule has 186 valence electrons. The number of fused-ring (bicyclic) bond motifs is 1. The summed E-state index contributed by atoms with van der Waals surface area (Å²) >= 11 is 0. The lowest BCUT2D eigenvalue weighted by molar-refractivity contribution is -0.117. The molecule has 2 aromatic carbocycles. The van der Waals surface area contributed by atoms with E-state index in [9.17, 15) is 18.0 Å². The van der Waals surface area contributed by atoms with Crippen molar-refractivity contribution in [3.63, 3.8) is 0 Å². The number of nitrogens with one attached hydrogen (secondary N) is 2. The van der Waals surface area contributed by atoms with Gasteiger partial charge >= 0.3 is 0 Å². The van der Waals surface area contributed by atoms with E-state index >= 15 is 0 Å². The van der Waals surface area contributed by atoms with Crippen LogP contribution in [0.4, 0.5) is 0 Å². The first kappa shape index (κ1) is 24.9. The number of hydrogen-bond donors (Lipinski definition) is 2. The molecule has 0 aromatic heterocycles. The van der Waals surface area contributed by atoms with Crippen LogP contribution in [-0.2, 0) is 27.7 Å². The Morgan fingerprint density at radius 1 is 1.20 bits per heavy atom. The highest BCUT2D eigenvalue weighted by Crippen LogP contribution is 2.29. The Hall–Kier alpha value is -3.17. The van der Waals surface area contributed by atoms with E-state index in [4.69, 9.17) is 4.74 Å². The first-order valence-corrected chi connectivity index (χ1v) is 13.3. The molecule has 9 heteroatoms. The number of amides is 2. The highest BCUT2D eigenvalue weighted by molar-refractivity contribution is 7.89. The Balaban J connectivity index is 1.34. The van der Waals surface area contributed by atoms with Crippen LogP contribution in [-0.4, -0.2) is 56.3 Å². The molecule has 2 N–H and O–H groups in total. The minimum absolute atomic E-state index is 0.0865. The van der Waals surface area contributed by atoms with Crippen molar-refractivity contribution in [1.82, 2.24) is 14.9 Å². The summed E-state index contributed by atoms with van der Waals surface area (Å²) in [6, 6.07) is 11.7. The van der Waals surface area contributed by atoms with Gasteiger partial charge in [-0.1, -0.05) is 24.8 Å². The van der Waals surface area contributed by atoms with Crippen LogP contribution < -0.4 is 15.4 Å². The Kier molecular flexibility index (Phi) is 7.57. The number of ether oxygens (including phenoxy) is 1. The fourth-order valence-electron chi connectivity index (χ4n) is 4.71. The van der Waals surface area contributed by atoms with Gasteiger partial charge in [-0.2, -0.15) is 4.31 Å². The van der Waals surface area contributed by atoms with Gasteiger partial charge in [0.25, 0.3) is 5.91 Å². The average Bonchev–Trinajstić information content (AvgIpc) is 3.34. The zero-order valence-corrected chi connectivity index (χ0v) is 20.6. The molecule has 35 heavy (non-hydrogen) atoms. The van der Waals surface area contributed by atoms with E-state index in [1.807, 2.05) is 19.1 Å². The van der Waals surface area contributed by atoms with E-state index in [1.165, 1.54) is 40.2 Å². The molecule has 1 saturated heterocycles. The highest BCUT2D eigenvalue weighted by Gasteiger charge is 2.34. The lowest BCUT2D eigenvalue weighted by Crippen LogP contribution is -2.50. The molecule has 1 fully saturated rings. The maximum atomic E-state index is 13.2. The van der Waals surface area contributed by atoms with Gasteiger partial charge in [0.2, 0.25) is 15.9 Å². The van der Waals surface area contributed by atoms with Crippen molar-refractivity contribution >= 4 is 21.8 Å². The second-order valence-corrected chi connectivity index (χ2v) is 10.8. The van der Waals surface area contributed by atoms with Gasteiger partial charge in [0, 0.05) is 37.2 Å². The third kappa shape index (κ3) is 5.57. The minimum atomic E-state index is -3.72. The summed E-state index contributed by atoms with van der Waals surface area (Å²) in [6.07, 6.45) is 3.83. The van der Waals surface area contributed by atoms with Crippen molar-refractivity contribution in [3.05, 3.63) is 71.8 Å². The third-order valence-electron chi connectivity index (χ3n) is 6.55. The summed E-state index contributed by atoms with van der Waals surface area (Å²) in [5.41, 5.74) is 2.67. The van der Waals surface area contributed by atoms with Gasteiger partial charge < -0.3 is 15.4 Å². The zero-order chi connectivity index (χ0) is 25.0. The molecule has 4 rings (SSSR count). The fraction of sp³-hybridized carbons (Fsp3) is 0.385. The number of carbonyl (C=O) groups excluding carboxylic acids is 2. The van der Waals surface area contributed by atoms with Crippen LogP contribution in [0, 0.1) is 0 Å². The molecule has 0 radical (unpaired) electrons. The van der Waals surface area contributed by atoms with Crippen molar-refractivity contribution in [2.45, 2.75) is 49.6 Å². The third-order valence-corrected chi connectivity index (χ3v) is 8.57. The standard InChI is InChI=1S/C26H31N3O5S/c1-3-24(30)28-22-12-15-29(18(2)17-22)35(32,33)23-9-7-21(8-10-23)26(31)27-14-11-19-5-4-6-20-13-16-34-25(19)20/h3-10,18,22H,1,11-17H2,2H3,(H,27,31)(H,28,30). The summed E-state index contributed by atoms with van der Waals surface area (Å²) in [7, 11) is -3.72. The quantitative estimate of drug-likeness (QED) is 0.545. The Morgan fingerprint density at radius 3 is 2.69 bits per heavy atom. The number of nitrogens with zero attached hydrogens (tertiary/aromatic N) is 1. The van der Waals surface area contributed by atoms with E-state index in [-0.39, 0.29) is 28.8 Å². The van der Waals surface area contributed by atoms with Crippen LogP contribution in [0.2, 0.25) is 0 Å². The summed E-state index contributed by atoms with van der Waals surface area (Å²) in [5, 5.41) is 5.74. The van der Waals surface area contributed by atoms with Crippen molar-refractivity contribution in [3.8, 4) is 5.75 Å². The van der Waals surface area contributed by atoms with Crippen LogP contribution in [0.25, 0.3) is 0 Å². The molecule has 0 spiro atoms. The lowest BCUT2D eigenvalue weighted by Gasteiger charge is -2.36. The van der Waals surface area contributed by atoms with E-state index in [1.54, 1.807) is 0 Å². The van der Waals surface area contributed by atoms with E-state index in [2.05, 4.69) is 23.3 Å². The Labute approximate surface area is 206 Å². The number of hydrogen-bond acceptors (Lipinski definition) is 5. The van der Waals surface area contributed by atoms with E-state index in [0.29, 0.717) is 44.5 Å². The summed E-state index contributed by atoms with van der Waals surface area (Å²) in [4.78, 5) is 24.3. The molecule has 0 saturated carbocycles. The van der Waals surface area contributed by atoms with Crippen molar-refractivity contribution in [2.75, 3.05) is 19.7 Å². The molecule has 0 bridgehead atoms. The Morgan fingerprint density at radius 2 is 1.97 bits per heavy atom. The molecule has 0 aliphatic carbocycles. The molecule has 2 unspecified atom stereocenters. The monoisotopic (exact) mass is 497 g/mol. The first-order valence-electron chi connectivity index (χ1n) is 11.9. The number of carbonyl (C=O) groups is 2. The predicted octanol–water partition coefficient (Wildman–Crippen LogP) is 2.44. The second kappa shape index (κ2) is 10.6. The van der Waals surface area contributed by atoms with Crippen molar-refractivity contribution in [1.29, 1.82) is 0 Å². The SMILES string of the molecule is C=CC(=O)NC1CCN(S(=O)(=O)c2ccc(C(=O)NCCc3cccc4c3OCC4)cc2)C(C)C1. The smallest absolute Gasteiger partial charge is 0.251 e. The van der Waals surface area contributed by atoms with Gasteiger partial charge in [0.1, 0.15) is 5.75 Å². The van der Waals surface area contributed by atoms with Gasteiger partial charge in [-0.15, -0.1) is 0 Å². The average molecular weight is 498 g/mol. The number of sulfonamides is 1. The summed E-state index contributed by atoms with van der Waals surface area (Å²) in [5.74, 6) is 0.417. The van der Waals surface area contributed by atoms with Crippen molar-refractivity contribution in [2.24, 2.45) is 0 Å². The first-order chi connectivity index (χ1) is 16.8. The second-order valence-electron chi connectivity index (χ2n) is 8.93. The fourth-order valence-corrected chi connectivity index (χ4v) is 6.36. The lowest BCUT2D eigenvalue weighted by atomic mass is 10.0. The van der Waals surface area contributed by atoms with Crippen LogP contribution in [0.5, 0.6) is 5.75 Å².